The third kappa shape index (κ3) is 5.77. The first kappa shape index (κ1) is 24.1. The van der Waals surface area contributed by atoms with Gasteiger partial charge in [-0.1, -0.05) is 13.8 Å². The third-order valence-electron chi connectivity index (χ3n) is 3.62. The number of esters is 1. The van der Waals surface area contributed by atoms with E-state index < -0.39 is 39.2 Å². The van der Waals surface area contributed by atoms with Gasteiger partial charge in [-0.05, 0) is 37.1 Å². The Morgan fingerprint density at radius 1 is 1.07 bits per heavy atom. The molecule has 12 heteroatoms. The van der Waals surface area contributed by atoms with Gasteiger partial charge in [-0.15, -0.1) is 0 Å². The molecule has 0 aliphatic carbocycles. The molecule has 0 radical (unpaired) electrons. The number of alkyl halides is 5. The van der Waals surface area contributed by atoms with Crippen LogP contribution in [-0.4, -0.2) is 49.6 Å². The number of carbonyl (C=O) groups is 1. The summed E-state index contributed by atoms with van der Waals surface area (Å²) >= 11 is 0. The lowest BCUT2D eigenvalue weighted by Gasteiger charge is -2.29. The fraction of sp³-hybridized carbons (Fsp3) is 0.562. The Kier molecular flexibility index (Phi) is 7.77. The summed E-state index contributed by atoms with van der Waals surface area (Å²) in [5.74, 6) is -1.84. The van der Waals surface area contributed by atoms with Crippen LogP contribution in [0.1, 0.15) is 37.0 Å². The van der Waals surface area contributed by atoms with Crippen LogP contribution in [0.3, 0.4) is 0 Å². The van der Waals surface area contributed by atoms with E-state index in [0.29, 0.717) is 18.8 Å². The lowest BCUT2D eigenvalue weighted by Crippen LogP contribution is -2.52. The molecule has 0 fully saturated rings. The van der Waals surface area contributed by atoms with Crippen molar-refractivity contribution in [2.45, 2.75) is 44.2 Å². The highest BCUT2D eigenvalue weighted by Crippen LogP contribution is 2.38. The predicted molar refractivity (Wildman–Crippen MR) is 89.1 cm³/mol. The molecule has 0 saturated heterocycles. The van der Waals surface area contributed by atoms with Crippen LogP contribution in [0.25, 0.3) is 0 Å². The molecule has 0 saturated carbocycles. The molecule has 1 unspecified atom stereocenters. The van der Waals surface area contributed by atoms with Crippen molar-refractivity contribution in [3.63, 3.8) is 0 Å². The highest BCUT2D eigenvalue weighted by atomic mass is 32.2. The van der Waals surface area contributed by atoms with Gasteiger partial charge in [-0.2, -0.15) is 22.0 Å². The molecule has 0 aliphatic heterocycles. The molecule has 0 heterocycles. The largest absolute Gasteiger partial charge is 0.743 e. The molecule has 0 amide bonds. The smallest absolute Gasteiger partial charge is 0.432 e. The first-order chi connectivity index (χ1) is 12.8. The molecule has 0 bridgehead atoms. The van der Waals surface area contributed by atoms with E-state index in [9.17, 15) is 39.7 Å². The zero-order valence-corrected chi connectivity index (χ0v) is 15.8. The number of nitrogens with zero attached hydrogens (tertiary/aromatic N) is 1. The number of ether oxygens (including phenoxy) is 1. The van der Waals surface area contributed by atoms with Crippen LogP contribution < -0.4 is 4.90 Å². The van der Waals surface area contributed by atoms with Crippen molar-refractivity contribution in [2.75, 3.05) is 18.0 Å². The summed E-state index contributed by atoms with van der Waals surface area (Å²) < 4.78 is 100. The molecule has 1 rings (SSSR count). The molecule has 28 heavy (non-hydrogen) atoms. The van der Waals surface area contributed by atoms with E-state index in [1.807, 2.05) is 18.7 Å². The summed E-state index contributed by atoms with van der Waals surface area (Å²) in [5, 5.41) is -5.88. The summed E-state index contributed by atoms with van der Waals surface area (Å²) in [6, 6.07) is 4.92. The maximum Gasteiger partial charge on any atom is 0.432 e. The number of anilines is 1. The monoisotopic (exact) mass is 432 g/mol. The van der Waals surface area contributed by atoms with Gasteiger partial charge in [-0.25, -0.2) is 13.2 Å². The zero-order valence-electron chi connectivity index (χ0n) is 15.0. The molecule has 0 N–H and O–H groups in total. The molecule has 0 aliphatic rings. The third-order valence-corrected chi connectivity index (χ3v) is 4.50. The van der Waals surface area contributed by atoms with Crippen LogP contribution in [0.5, 0.6) is 0 Å². The highest BCUT2D eigenvalue weighted by molar-refractivity contribution is 7.86. The van der Waals surface area contributed by atoms with Crippen LogP contribution in [0.15, 0.2) is 24.3 Å². The maximum atomic E-state index is 13.4. The summed E-state index contributed by atoms with van der Waals surface area (Å²) in [6.07, 6.45) is -8.77. The lowest BCUT2D eigenvalue weighted by molar-refractivity contribution is -0.248. The van der Waals surface area contributed by atoms with E-state index in [0.717, 1.165) is 25.0 Å². The molecular formula is C16H19F5NO5S-. The Morgan fingerprint density at radius 3 is 1.89 bits per heavy atom. The summed E-state index contributed by atoms with van der Waals surface area (Å²) in [6.45, 7) is 5.24. The SMILES string of the molecule is CCCN(CCC)c1ccc(C(=O)OC(C(F)(F)F)C(F)(F)S(=O)(=O)[O-])cc1. The molecule has 6 nitrogen and oxygen atoms in total. The van der Waals surface area contributed by atoms with Gasteiger partial charge in [0, 0.05) is 18.8 Å². The molecule has 0 aromatic heterocycles. The van der Waals surface area contributed by atoms with Gasteiger partial charge in [0.25, 0.3) is 6.10 Å². The number of rotatable bonds is 9. The van der Waals surface area contributed by atoms with Crippen LogP contribution >= 0.6 is 0 Å². The average molecular weight is 432 g/mol. The number of hydrogen-bond donors (Lipinski definition) is 0. The number of benzene rings is 1. The summed E-state index contributed by atoms with van der Waals surface area (Å²) in [5.41, 5.74) is 0.144. The van der Waals surface area contributed by atoms with Crippen molar-refractivity contribution in [2.24, 2.45) is 0 Å². The van der Waals surface area contributed by atoms with E-state index in [-0.39, 0.29) is 0 Å². The Morgan fingerprint density at radius 2 is 1.54 bits per heavy atom. The van der Waals surface area contributed by atoms with E-state index in [1.54, 1.807) is 0 Å². The second-order valence-corrected chi connectivity index (χ2v) is 7.33. The van der Waals surface area contributed by atoms with E-state index in [4.69, 9.17) is 0 Å². The van der Waals surface area contributed by atoms with Crippen LogP contribution in [0, 0.1) is 0 Å². The van der Waals surface area contributed by atoms with Crippen molar-refractivity contribution in [1.29, 1.82) is 0 Å². The predicted octanol–water partition coefficient (Wildman–Crippen LogP) is 3.54. The van der Waals surface area contributed by atoms with Crippen molar-refractivity contribution in [3.05, 3.63) is 29.8 Å². The number of carbonyl (C=O) groups excluding carboxylic acids is 1. The van der Waals surface area contributed by atoms with Crippen molar-refractivity contribution in [1.82, 2.24) is 0 Å². The van der Waals surface area contributed by atoms with Gasteiger partial charge in [0.1, 0.15) is 0 Å². The van der Waals surface area contributed by atoms with Crippen molar-refractivity contribution in [3.8, 4) is 0 Å². The molecule has 160 valence electrons. The molecule has 1 aromatic rings. The minimum Gasteiger partial charge on any atom is -0.743 e. The number of halogens is 5. The van der Waals surface area contributed by atoms with E-state index >= 15 is 0 Å². The Balaban J connectivity index is 3.10. The van der Waals surface area contributed by atoms with Gasteiger partial charge in [0.2, 0.25) is 0 Å². The quantitative estimate of drug-likeness (QED) is 0.337. The topological polar surface area (TPSA) is 86.7 Å². The van der Waals surface area contributed by atoms with Crippen molar-refractivity contribution >= 4 is 21.8 Å². The fourth-order valence-corrected chi connectivity index (χ4v) is 2.79. The first-order valence-electron chi connectivity index (χ1n) is 8.21. The highest BCUT2D eigenvalue weighted by Gasteiger charge is 2.63. The lowest BCUT2D eigenvalue weighted by atomic mass is 10.2. The minimum absolute atomic E-state index is 0.509. The number of hydrogen-bond acceptors (Lipinski definition) is 6. The van der Waals surface area contributed by atoms with Crippen LogP contribution in [-0.2, 0) is 14.9 Å². The maximum absolute atomic E-state index is 13.4. The Labute approximate surface area is 159 Å². The summed E-state index contributed by atoms with van der Waals surface area (Å²) in [4.78, 5) is 13.8. The van der Waals surface area contributed by atoms with Crippen molar-refractivity contribution < 1.29 is 44.5 Å². The fourth-order valence-electron chi connectivity index (χ4n) is 2.35. The van der Waals surface area contributed by atoms with E-state index in [2.05, 4.69) is 4.74 Å². The standard InChI is InChI=1S/C16H20F5NO5S/c1-3-9-22(10-4-2)12-7-5-11(6-8-12)13(23)27-14(15(17,18)19)16(20,21)28(24,25)26/h5-8,14H,3-4,9-10H2,1-2H3,(H,24,25,26)/p-1. The van der Waals surface area contributed by atoms with Gasteiger partial charge in [0.15, 0.2) is 10.1 Å². The van der Waals surface area contributed by atoms with Gasteiger partial charge in [-0.3, -0.25) is 0 Å². The molecule has 0 spiro atoms. The first-order valence-corrected chi connectivity index (χ1v) is 9.62. The minimum atomic E-state index is -6.73. The average Bonchev–Trinajstić information content (AvgIpc) is 2.57. The molecular weight excluding hydrogens is 413 g/mol. The normalized spacial score (nSPS) is 13.9. The summed E-state index contributed by atoms with van der Waals surface area (Å²) in [7, 11) is -6.73. The Bertz CT molecular complexity index is 759. The second kappa shape index (κ2) is 9.03. The molecule has 1 aromatic carbocycles. The zero-order chi connectivity index (χ0) is 21.8. The van der Waals surface area contributed by atoms with Gasteiger partial charge in [0.05, 0.1) is 5.56 Å². The second-order valence-electron chi connectivity index (χ2n) is 5.88. The van der Waals surface area contributed by atoms with Gasteiger partial charge >= 0.3 is 17.4 Å². The van der Waals surface area contributed by atoms with Crippen LogP contribution in [0.2, 0.25) is 0 Å². The van der Waals surface area contributed by atoms with Gasteiger partial charge < -0.3 is 14.2 Å². The van der Waals surface area contributed by atoms with Crippen LogP contribution in [0.4, 0.5) is 27.6 Å². The Hall–Kier alpha value is -1.95. The van der Waals surface area contributed by atoms with E-state index in [1.165, 1.54) is 12.1 Å². The molecule has 1 atom stereocenters.